The molecule has 0 saturated heterocycles. The van der Waals surface area contributed by atoms with E-state index in [2.05, 4.69) is 10.5 Å². The Hall–Kier alpha value is -2.48. The minimum Gasteiger partial charge on any atom is -0.437 e. The molecule has 1 heterocycles. The van der Waals surface area contributed by atoms with Crippen molar-refractivity contribution in [2.75, 3.05) is 13.8 Å². The number of nitrogens with one attached hydrogen (secondary N) is 1. The molecule has 1 unspecified atom stereocenters. The van der Waals surface area contributed by atoms with E-state index in [4.69, 9.17) is 14.0 Å². The monoisotopic (exact) mass is 338 g/mol. The maximum Gasteiger partial charge on any atom is 0.347 e. The summed E-state index contributed by atoms with van der Waals surface area (Å²) in [5.41, 5.74) is 0.0354. The van der Waals surface area contributed by atoms with Crippen LogP contribution in [0.4, 0.5) is 8.78 Å². The number of esters is 1. The van der Waals surface area contributed by atoms with Crippen LogP contribution >= 0.6 is 0 Å². The van der Waals surface area contributed by atoms with Gasteiger partial charge in [0.2, 0.25) is 6.79 Å². The number of carbonyl (C=O) groups is 1. The standard InChI is InChI=1S/C16H16F2N2O4/c1-19-11-6-3-7-12-14(11)15(20-24-12)22-8-23-16(21)13-9(17)4-2-5-10(13)18/h2,4-5,11,19H,3,6-8H2,1H3. The van der Waals surface area contributed by atoms with Crippen LogP contribution in [-0.4, -0.2) is 25.0 Å². The van der Waals surface area contributed by atoms with Crippen LogP contribution in [0.5, 0.6) is 5.88 Å². The number of hydrogen-bond donors (Lipinski definition) is 1. The van der Waals surface area contributed by atoms with Gasteiger partial charge in [0.25, 0.3) is 5.88 Å². The maximum absolute atomic E-state index is 13.5. The summed E-state index contributed by atoms with van der Waals surface area (Å²) in [4.78, 5) is 11.8. The van der Waals surface area contributed by atoms with E-state index in [-0.39, 0.29) is 11.9 Å². The van der Waals surface area contributed by atoms with E-state index in [1.54, 1.807) is 0 Å². The van der Waals surface area contributed by atoms with Crippen molar-refractivity contribution in [2.24, 2.45) is 0 Å². The number of carbonyl (C=O) groups excluding carboxylic acids is 1. The van der Waals surface area contributed by atoms with Crippen LogP contribution in [0.25, 0.3) is 0 Å². The number of aromatic nitrogens is 1. The summed E-state index contributed by atoms with van der Waals surface area (Å²) < 4.78 is 42.3. The Morgan fingerprint density at radius 2 is 2.17 bits per heavy atom. The largest absolute Gasteiger partial charge is 0.437 e. The van der Waals surface area contributed by atoms with Gasteiger partial charge < -0.3 is 19.3 Å². The third-order valence-electron chi connectivity index (χ3n) is 3.92. The normalized spacial score (nSPS) is 16.5. The first-order valence-electron chi connectivity index (χ1n) is 7.51. The molecular weight excluding hydrogens is 322 g/mol. The van der Waals surface area contributed by atoms with E-state index in [1.165, 1.54) is 0 Å². The van der Waals surface area contributed by atoms with Gasteiger partial charge in [0.15, 0.2) is 0 Å². The molecule has 0 bridgehead atoms. The Balaban J connectivity index is 1.65. The molecule has 0 aliphatic heterocycles. The summed E-state index contributed by atoms with van der Waals surface area (Å²) >= 11 is 0. The second-order valence-corrected chi connectivity index (χ2v) is 5.35. The molecule has 1 aliphatic carbocycles. The van der Waals surface area contributed by atoms with E-state index < -0.39 is 30.0 Å². The van der Waals surface area contributed by atoms with Crippen molar-refractivity contribution in [3.05, 3.63) is 46.7 Å². The maximum atomic E-state index is 13.5. The van der Waals surface area contributed by atoms with Crippen molar-refractivity contribution in [1.82, 2.24) is 10.5 Å². The zero-order valence-corrected chi connectivity index (χ0v) is 13.0. The summed E-state index contributed by atoms with van der Waals surface area (Å²) in [6.45, 7) is -0.526. The van der Waals surface area contributed by atoms with Crippen LogP contribution in [0, 0.1) is 11.6 Å². The fourth-order valence-corrected chi connectivity index (χ4v) is 2.75. The molecule has 8 heteroatoms. The Bertz CT molecular complexity index is 727. The number of rotatable bonds is 5. The average Bonchev–Trinajstić information content (AvgIpc) is 2.98. The third kappa shape index (κ3) is 3.09. The van der Waals surface area contributed by atoms with Gasteiger partial charge in [-0.05, 0) is 37.2 Å². The number of nitrogens with zero attached hydrogens (tertiary/aromatic N) is 1. The predicted octanol–water partition coefficient (Wildman–Crippen LogP) is 2.74. The fraction of sp³-hybridized carbons (Fsp3) is 0.375. The molecule has 24 heavy (non-hydrogen) atoms. The second-order valence-electron chi connectivity index (χ2n) is 5.35. The first-order valence-corrected chi connectivity index (χ1v) is 7.51. The average molecular weight is 338 g/mol. The summed E-state index contributed by atoms with van der Waals surface area (Å²) in [6, 6.07) is 3.16. The molecule has 1 aromatic heterocycles. The first-order chi connectivity index (χ1) is 11.6. The van der Waals surface area contributed by atoms with Crippen molar-refractivity contribution < 1.29 is 27.6 Å². The Morgan fingerprint density at radius 3 is 2.88 bits per heavy atom. The lowest BCUT2D eigenvalue weighted by Crippen LogP contribution is -2.21. The lowest BCUT2D eigenvalue weighted by molar-refractivity contribution is 0.0119. The van der Waals surface area contributed by atoms with Gasteiger partial charge in [0, 0.05) is 12.5 Å². The molecule has 2 aromatic rings. The second kappa shape index (κ2) is 6.96. The molecule has 0 fully saturated rings. The molecule has 1 aliphatic rings. The van der Waals surface area contributed by atoms with Crippen LogP contribution < -0.4 is 10.1 Å². The number of hydrogen-bond acceptors (Lipinski definition) is 6. The van der Waals surface area contributed by atoms with E-state index in [1.807, 2.05) is 7.05 Å². The van der Waals surface area contributed by atoms with Crippen LogP contribution in [0.3, 0.4) is 0 Å². The van der Waals surface area contributed by atoms with Crippen LogP contribution in [0.1, 0.15) is 40.6 Å². The van der Waals surface area contributed by atoms with E-state index >= 15 is 0 Å². The molecule has 1 N–H and O–H groups in total. The number of benzene rings is 1. The first kappa shape index (κ1) is 16.4. The highest BCUT2D eigenvalue weighted by molar-refractivity contribution is 5.89. The summed E-state index contributed by atoms with van der Waals surface area (Å²) in [7, 11) is 1.82. The Labute approximate surface area is 136 Å². The van der Waals surface area contributed by atoms with Gasteiger partial charge in [-0.3, -0.25) is 0 Å². The van der Waals surface area contributed by atoms with Gasteiger partial charge in [0.1, 0.15) is 23.0 Å². The summed E-state index contributed by atoms with van der Waals surface area (Å²) in [5.74, 6) is -2.19. The summed E-state index contributed by atoms with van der Waals surface area (Å²) in [5, 5.41) is 6.96. The quantitative estimate of drug-likeness (QED) is 0.667. The zero-order valence-electron chi connectivity index (χ0n) is 13.0. The van der Waals surface area contributed by atoms with Crippen molar-refractivity contribution in [2.45, 2.75) is 25.3 Å². The van der Waals surface area contributed by atoms with Crippen LogP contribution in [-0.2, 0) is 11.2 Å². The number of fused-ring (bicyclic) bond motifs is 1. The molecule has 0 amide bonds. The molecule has 1 aromatic carbocycles. The Kier molecular flexibility index (Phi) is 4.75. The third-order valence-corrected chi connectivity index (χ3v) is 3.92. The van der Waals surface area contributed by atoms with E-state index in [9.17, 15) is 13.6 Å². The molecule has 3 rings (SSSR count). The van der Waals surface area contributed by atoms with Crippen LogP contribution in [0.2, 0.25) is 0 Å². The molecule has 128 valence electrons. The van der Waals surface area contributed by atoms with Gasteiger partial charge in [-0.1, -0.05) is 6.07 Å². The number of aryl methyl sites for hydroxylation is 1. The minimum absolute atomic E-state index is 0.0368. The highest BCUT2D eigenvalue weighted by atomic mass is 19.1. The Morgan fingerprint density at radius 1 is 1.42 bits per heavy atom. The van der Waals surface area contributed by atoms with E-state index in [0.717, 1.165) is 48.8 Å². The van der Waals surface area contributed by atoms with Crippen LogP contribution in [0.15, 0.2) is 22.7 Å². The van der Waals surface area contributed by atoms with Gasteiger partial charge in [-0.15, -0.1) is 0 Å². The fourth-order valence-electron chi connectivity index (χ4n) is 2.75. The zero-order chi connectivity index (χ0) is 17.1. The van der Waals surface area contributed by atoms with Crippen molar-refractivity contribution >= 4 is 5.97 Å². The topological polar surface area (TPSA) is 73.6 Å². The van der Waals surface area contributed by atoms with Gasteiger partial charge in [-0.2, -0.15) is 0 Å². The molecule has 0 radical (unpaired) electrons. The minimum atomic E-state index is -1.15. The molecule has 0 saturated carbocycles. The highest BCUT2D eigenvalue weighted by Crippen LogP contribution is 2.36. The molecule has 0 spiro atoms. The summed E-state index contributed by atoms with van der Waals surface area (Å²) in [6.07, 6.45) is 2.63. The van der Waals surface area contributed by atoms with Crippen molar-refractivity contribution in [1.29, 1.82) is 0 Å². The van der Waals surface area contributed by atoms with Gasteiger partial charge in [-0.25, -0.2) is 13.6 Å². The number of ether oxygens (including phenoxy) is 2. The van der Waals surface area contributed by atoms with Gasteiger partial charge >= 0.3 is 5.97 Å². The smallest absolute Gasteiger partial charge is 0.347 e. The van der Waals surface area contributed by atoms with Gasteiger partial charge in [0.05, 0.1) is 5.56 Å². The predicted molar refractivity (Wildman–Crippen MR) is 78.5 cm³/mol. The SMILES string of the molecule is CNC1CCCc2onc(OCOC(=O)c3c(F)cccc3F)c21. The highest BCUT2D eigenvalue weighted by Gasteiger charge is 2.28. The molecule has 1 atom stereocenters. The molecule has 6 nitrogen and oxygen atoms in total. The van der Waals surface area contributed by atoms with Crippen molar-refractivity contribution in [3.63, 3.8) is 0 Å². The van der Waals surface area contributed by atoms with Crippen molar-refractivity contribution in [3.8, 4) is 5.88 Å². The number of halogens is 2. The lowest BCUT2D eigenvalue weighted by atomic mass is 9.93. The lowest BCUT2D eigenvalue weighted by Gasteiger charge is -2.20. The van der Waals surface area contributed by atoms with E-state index in [0.29, 0.717) is 0 Å². The molecular formula is C16H16F2N2O4.